The van der Waals surface area contributed by atoms with Crippen LogP contribution < -0.4 is 16.4 Å². The molecule has 2 heterocycles. The molecule has 1 saturated heterocycles. The lowest BCUT2D eigenvalue weighted by molar-refractivity contribution is 0.123. The molecule has 0 aliphatic carbocycles. The molecule has 0 radical (unpaired) electrons. The highest BCUT2D eigenvalue weighted by Crippen LogP contribution is 2.30. The first-order valence-corrected chi connectivity index (χ1v) is 5.90. The van der Waals surface area contributed by atoms with Gasteiger partial charge in [0.05, 0.1) is 29.8 Å². The number of nitrogens with zero attached hydrogens (tertiary/aromatic N) is 3. The number of ether oxygens (including phenoxy) is 1. The first kappa shape index (κ1) is 11.0. The van der Waals surface area contributed by atoms with Crippen LogP contribution in [0, 0.1) is 0 Å². The zero-order valence-electron chi connectivity index (χ0n) is 9.97. The van der Waals surface area contributed by atoms with E-state index in [2.05, 4.69) is 14.9 Å². The Balaban J connectivity index is 2.16. The summed E-state index contributed by atoms with van der Waals surface area (Å²) >= 11 is 0. The molecule has 1 aliphatic heterocycles. The predicted molar refractivity (Wildman–Crippen MR) is 71.4 cm³/mol. The maximum atomic E-state index is 5.98. The number of fused-ring (bicyclic) bond motifs is 1. The number of nitrogens with two attached hydrogens (primary N) is 2. The van der Waals surface area contributed by atoms with Gasteiger partial charge in [-0.1, -0.05) is 6.07 Å². The minimum absolute atomic E-state index is 0.208. The second-order valence-corrected chi connectivity index (χ2v) is 4.24. The molecule has 6 nitrogen and oxygen atoms in total. The van der Waals surface area contributed by atoms with Crippen molar-refractivity contribution in [2.24, 2.45) is 0 Å². The summed E-state index contributed by atoms with van der Waals surface area (Å²) in [5.74, 6) is 0.638. The summed E-state index contributed by atoms with van der Waals surface area (Å²) in [6, 6.07) is 5.89. The molecule has 0 unspecified atom stereocenters. The largest absolute Gasteiger partial charge is 0.383 e. The van der Waals surface area contributed by atoms with Gasteiger partial charge in [-0.15, -0.1) is 0 Å². The van der Waals surface area contributed by atoms with Gasteiger partial charge in [-0.2, -0.15) is 4.98 Å². The van der Waals surface area contributed by atoms with Gasteiger partial charge in [0.15, 0.2) is 0 Å². The van der Waals surface area contributed by atoms with Gasteiger partial charge in [-0.05, 0) is 12.1 Å². The number of benzene rings is 1. The van der Waals surface area contributed by atoms with Crippen molar-refractivity contribution >= 4 is 28.4 Å². The van der Waals surface area contributed by atoms with Gasteiger partial charge in [0, 0.05) is 13.1 Å². The molecule has 3 rings (SSSR count). The number of hydrogen-bond donors (Lipinski definition) is 2. The lowest BCUT2D eigenvalue weighted by Gasteiger charge is -2.29. The van der Waals surface area contributed by atoms with Gasteiger partial charge in [0.2, 0.25) is 5.95 Å². The van der Waals surface area contributed by atoms with E-state index in [0.717, 1.165) is 42.9 Å². The Bertz CT molecular complexity index is 580. The predicted octanol–water partition coefficient (Wildman–Crippen LogP) is 0.631. The van der Waals surface area contributed by atoms with Gasteiger partial charge in [0.25, 0.3) is 0 Å². The summed E-state index contributed by atoms with van der Waals surface area (Å²) in [4.78, 5) is 10.5. The van der Waals surface area contributed by atoms with Crippen molar-refractivity contribution < 1.29 is 4.74 Å². The molecule has 6 heteroatoms. The van der Waals surface area contributed by atoms with Crippen molar-refractivity contribution in [1.29, 1.82) is 0 Å². The summed E-state index contributed by atoms with van der Waals surface area (Å²) in [5.41, 5.74) is 13.4. The van der Waals surface area contributed by atoms with E-state index in [1.54, 1.807) is 0 Å². The Labute approximate surface area is 105 Å². The number of nitrogen functional groups attached to an aromatic ring is 2. The monoisotopic (exact) mass is 245 g/mol. The highest BCUT2D eigenvalue weighted by molar-refractivity contribution is 5.99. The SMILES string of the molecule is Nc1nc(N)c2c(N3CCOCC3)cccc2n1. The van der Waals surface area contributed by atoms with Crippen LogP contribution in [0.25, 0.3) is 10.9 Å². The lowest BCUT2D eigenvalue weighted by atomic mass is 10.1. The topological polar surface area (TPSA) is 90.3 Å². The molecule has 0 spiro atoms. The Hall–Kier alpha value is -2.08. The van der Waals surface area contributed by atoms with E-state index in [1.165, 1.54) is 0 Å². The Morgan fingerprint density at radius 1 is 1.11 bits per heavy atom. The maximum absolute atomic E-state index is 5.98. The van der Waals surface area contributed by atoms with Crippen molar-refractivity contribution in [3.8, 4) is 0 Å². The van der Waals surface area contributed by atoms with E-state index in [-0.39, 0.29) is 5.95 Å². The Morgan fingerprint density at radius 2 is 1.89 bits per heavy atom. The fourth-order valence-corrected chi connectivity index (χ4v) is 2.28. The fraction of sp³-hybridized carbons (Fsp3) is 0.333. The standard InChI is InChI=1S/C12H15N5O/c13-11-10-8(15-12(14)16-11)2-1-3-9(10)17-4-6-18-7-5-17/h1-3H,4-7H2,(H4,13,14,15,16). The van der Waals surface area contributed by atoms with Gasteiger partial charge in [0.1, 0.15) is 5.82 Å². The summed E-state index contributed by atoms with van der Waals surface area (Å²) in [6.07, 6.45) is 0. The van der Waals surface area contributed by atoms with Crippen molar-refractivity contribution in [3.63, 3.8) is 0 Å². The molecule has 0 atom stereocenters. The molecular weight excluding hydrogens is 230 g/mol. The molecule has 4 N–H and O–H groups in total. The van der Waals surface area contributed by atoms with E-state index in [0.29, 0.717) is 5.82 Å². The van der Waals surface area contributed by atoms with E-state index in [4.69, 9.17) is 16.2 Å². The lowest BCUT2D eigenvalue weighted by Crippen LogP contribution is -2.36. The third-order valence-electron chi connectivity index (χ3n) is 3.10. The zero-order chi connectivity index (χ0) is 12.5. The molecule has 1 aromatic carbocycles. The van der Waals surface area contributed by atoms with Gasteiger partial charge in [-0.25, -0.2) is 4.98 Å². The van der Waals surface area contributed by atoms with Crippen LogP contribution >= 0.6 is 0 Å². The second kappa shape index (κ2) is 4.30. The zero-order valence-corrected chi connectivity index (χ0v) is 9.97. The smallest absolute Gasteiger partial charge is 0.222 e. The van der Waals surface area contributed by atoms with Crippen molar-refractivity contribution in [2.75, 3.05) is 42.7 Å². The van der Waals surface area contributed by atoms with Crippen LogP contribution in [0.1, 0.15) is 0 Å². The van der Waals surface area contributed by atoms with Crippen molar-refractivity contribution in [3.05, 3.63) is 18.2 Å². The number of rotatable bonds is 1. The van der Waals surface area contributed by atoms with Gasteiger partial charge < -0.3 is 21.1 Å². The quantitative estimate of drug-likeness (QED) is 0.766. The van der Waals surface area contributed by atoms with Crippen LogP contribution in [-0.2, 0) is 4.74 Å². The van der Waals surface area contributed by atoms with Crippen LogP contribution in [0.3, 0.4) is 0 Å². The van der Waals surface area contributed by atoms with Crippen LogP contribution in [0.4, 0.5) is 17.5 Å². The molecule has 1 aliphatic rings. The average Bonchev–Trinajstić information content (AvgIpc) is 2.38. The second-order valence-electron chi connectivity index (χ2n) is 4.24. The van der Waals surface area contributed by atoms with E-state index in [9.17, 15) is 0 Å². The third-order valence-corrected chi connectivity index (χ3v) is 3.10. The van der Waals surface area contributed by atoms with Gasteiger partial charge >= 0.3 is 0 Å². The first-order valence-electron chi connectivity index (χ1n) is 5.90. The Morgan fingerprint density at radius 3 is 2.67 bits per heavy atom. The highest BCUT2D eigenvalue weighted by atomic mass is 16.5. The molecular formula is C12H15N5O. The number of morpholine rings is 1. The maximum Gasteiger partial charge on any atom is 0.222 e. The van der Waals surface area contributed by atoms with Crippen LogP contribution in [0.2, 0.25) is 0 Å². The van der Waals surface area contributed by atoms with Crippen molar-refractivity contribution in [2.45, 2.75) is 0 Å². The molecule has 1 fully saturated rings. The molecule has 18 heavy (non-hydrogen) atoms. The summed E-state index contributed by atoms with van der Waals surface area (Å²) < 4.78 is 5.36. The number of aromatic nitrogens is 2. The molecule has 0 bridgehead atoms. The summed E-state index contributed by atoms with van der Waals surface area (Å²) in [7, 11) is 0. The van der Waals surface area contributed by atoms with Crippen LogP contribution in [0.5, 0.6) is 0 Å². The molecule has 0 amide bonds. The molecule has 0 saturated carbocycles. The van der Waals surface area contributed by atoms with Crippen molar-refractivity contribution in [1.82, 2.24) is 9.97 Å². The van der Waals surface area contributed by atoms with Crippen LogP contribution in [0.15, 0.2) is 18.2 Å². The third kappa shape index (κ3) is 1.80. The van der Waals surface area contributed by atoms with Gasteiger partial charge in [-0.3, -0.25) is 0 Å². The molecule has 2 aromatic rings. The minimum atomic E-state index is 0.208. The van der Waals surface area contributed by atoms with E-state index in [1.807, 2.05) is 18.2 Å². The highest BCUT2D eigenvalue weighted by Gasteiger charge is 2.16. The van der Waals surface area contributed by atoms with E-state index < -0.39 is 0 Å². The fourth-order valence-electron chi connectivity index (χ4n) is 2.28. The number of anilines is 3. The summed E-state index contributed by atoms with van der Waals surface area (Å²) in [6.45, 7) is 3.16. The summed E-state index contributed by atoms with van der Waals surface area (Å²) in [5, 5.41) is 0.869. The Kier molecular flexibility index (Phi) is 2.64. The molecule has 1 aromatic heterocycles. The van der Waals surface area contributed by atoms with Crippen LogP contribution in [-0.4, -0.2) is 36.3 Å². The first-order chi connectivity index (χ1) is 8.75. The minimum Gasteiger partial charge on any atom is -0.383 e. The van der Waals surface area contributed by atoms with E-state index >= 15 is 0 Å². The normalized spacial score (nSPS) is 16.1. The number of hydrogen-bond acceptors (Lipinski definition) is 6. The average molecular weight is 245 g/mol. The molecule has 94 valence electrons.